The maximum absolute atomic E-state index is 12.8. The molecule has 0 saturated heterocycles. The van der Waals surface area contributed by atoms with E-state index in [9.17, 15) is 13.2 Å². The van der Waals surface area contributed by atoms with Crippen LogP contribution in [0.4, 0.5) is 13.2 Å². The SMILES string of the molecule is CCNC(c1ccc(C)cc1)C1CCC(C(F)(F)F)CC1. The van der Waals surface area contributed by atoms with E-state index >= 15 is 0 Å². The summed E-state index contributed by atoms with van der Waals surface area (Å²) >= 11 is 0. The van der Waals surface area contributed by atoms with Crippen LogP contribution in [0.25, 0.3) is 0 Å². The lowest BCUT2D eigenvalue weighted by Gasteiger charge is -2.35. The molecule has 0 radical (unpaired) electrons. The molecule has 0 spiro atoms. The quantitative estimate of drug-likeness (QED) is 0.823. The second kappa shape index (κ2) is 6.82. The average molecular weight is 299 g/mol. The molecule has 1 unspecified atom stereocenters. The molecule has 118 valence electrons. The van der Waals surface area contributed by atoms with Crippen molar-refractivity contribution in [2.45, 2.75) is 51.7 Å². The first-order chi connectivity index (χ1) is 9.91. The third-order valence-corrected chi connectivity index (χ3v) is 4.57. The van der Waals surface area contributed by atoms with Crippen LogP contribution >= 0.6 is 0 Å². The van der Waals surface area contributed by atoms with Crippen LogP contribution in [-0.2, 0) is 0 Å². The molecule has 1 fully saturated rings. The molecule has 21 heavy (non-hydrogen) atoms. The van der Waals surface area contributed by atoms with Crippen molar-refractivity contribution in [1.82, 2.24) is 5.32 Å². The summed E-state index contributed by atoms with van der Waals surface area (Å²) in [5, 5.41) is 3.46. The maximum Gasteiger partial charge on any atom is 0.391 e. The summed E-state index contributed by atoms with van der Waals surface area (Å²) in [6.45, 7) is 4.92. The topological polar surface area (TPSA) is 12.0 Å². The minimum atomic E-state index is -4.03. The number of halogens is 3. The van der Waals surface area contributed by atoms with Crippen LogP contribution in [0.2, 0.25) is 0 Å². The minimum Gasteiger partial charge on any atom is -0.310 e. The van der Waals surface area contributed by atoms with E-state index in [0.717, 1.165) is 6.54 Å². The number of rotatable bonds is 4. The highest BCUT2D eigenvalue weighted by Gasteiger charge is 2.42. The van der Waals surface area contributed by atoms with Crippen LogP contribution in [0.5, 0.6) is 0 Å². The molecule has 2 rings (SSSR count). The molecule has 0 aliphatic heterocycles. The summed E-state index contributed by atoms with van der Waals surface area (Å²) in [5.41, 5.74) is 2.40. The van der Waals surface area contributed by atoms with Crippen molar-refractivity contribution < 1.29 is 13.2 Å². The number of hydrogen-bond acceptors (Lipinski definition) is 1. The fourth-order valence-electron chi connectivity index (χ4n) is 3.33. The van der Waals surface area contributed by atoms with Gasteiger partial charge in [-0.15, -0.1) is 0 Å². The molecule has 0 bridgehead atoms. The van der Waals surface area contributed by atoms with Crippen molar-refractivity contribution in [1.29, 1.82) is 0 Å². The van der Waals surface area contributed by atoms with Gasteiger partial charge >= 0.3 is 6.18 Å². The van der Waals surface area contributed by atoms with Gasteiger partial charge in [-0.2, -0.15) is 13.2 Å². The van der Waals surface area contributed by atoms with Gasteiger partial charge in [-0.3, -0.25) is 0 Å². The zero-order valence-electron chi connectivity index (χ0n) is 12.7. The Balaban J connectivity index is 2.05. The number of aryl methyl sites for hydroxylation is 1. The van der Waals surface area contributed by atoms with Crippen LogP contribution < -0.4 is 5.32 Å². The van der Waals surface area contributed by atoms with Gasteiger partial charge in [0.2, 0.25) is 0 Å². The highest BCUT2D eigenvalue weighted by Crippen LogP contribution is 2.43. The smallest absolute Gasteiger partial charge is 0.310 e. The predicted molar refractivity (Wildman–Crippen MR) is 79.1 cm³/mol. The second-order valence-corrected chi connectivity index (χ2v) is 6.10. The highest BCUT2D eigenvalue weighted by atomic mass is 19.4. The molecule has 1 N–H and O–H groups in total. The van der Waals surface area contributed by atoms with E-state index in [4.69, 9.17) is 0 Å². The van der Waals surface area contributed by atoms with Crippen molar-refractivity contribution in [3.8, 4) is 0 Å². The number of hydrogen-bond donors (Lipinski definition) is 1. The second-order valence-electron chi connectivity index (χ2n) is 6.10. The van der Waals surface area contributed by atoms with E-state index in [-0.39, 0.29) is 18.9 Å². The van der Waals surface area contributed by atoms with E-state index in [1.807, 2.05) is 13.8 Å². The predicted octanol–water partition coefficient (Wildman–Crippen LogP) is 5.01. The van der Waals surface area contributed by atoms with Crippen molar-refractivity contribution in [2.75, 3.05) is 6.54 Å². The van der Waals surface area contributed by atoms with Gasteiger partial charge in [0.15, 0.2) is 0 Å². The van der Waals surface area contributed by atoms with E-state index < -0.39 is 12.1 Å². The molecule has 4 heteroatoms. The van der Waals surface area contributed by atoms with Crippen LogP contribution in [0, 0.1) is 18.8 Å². The Kier molecular flexibility index (Phi) is 5.31. The largest absolute Gasteiger partial charge is 0.391 e. The van der Waals surface area contributed by atoms with E-state index in [2.05, 4.69) is 29.6 Å². The monoisotopic (exact) mass is 299 g/mol. The van der Waals surface area contributed by atoms with Gasteiger partial charge in [-0.05, 0) is 50.6 Å². The zero-order valence-corrected chi connectivity index (χ0v) is 12.7. The third-order valence-electron chi connectivity index (χ3n) is 4.57. The highest BCUT2D eigenvalue weighted by molar-refractivity contribution is 5.24. The summed E-state index contributed by atoms with van der Waals surface area (Å²) in [6, 6.07) is 8.50. The first-order valence-corrected chi connectivity index (χ1v) is 7.78. The normalized spacial score (nSPS) is 24.8. The van der Waals surface area contributed by atoms with Crippen LogP contribution in [0.15, 0.2) is 24.3 Å². The van der Waals surface area contributed by atoms with Gasteiger partial charge in [-0.1, -0.05) is 36.8 Å². The molecule has 1 aliphatic rings. The minimum absolute atomic E-state index is 0.171. The summed E-state index contributed by atoms with van der Waals surface area (Å²) in [5.74, 6) is -0.805. The van der Waals surface area contributed by atoms with Crippen molar-refractivity contribution in [2.24, 2.45) is 11.8 Å². The lowest BCUT2D eigenvalue weighted by molar-refractivity contribution is -0.184. The Bertz CT molecular complexity index is 430. The molecule has 1 aromatic carbocycles. The Morgan fingerprint density at radius 2 is 1.67 bits per heavy atom. The number of nitrogens with one attached hydrogen (secondary N) is 1. The van der Waals surface area contributed by atoms with Crippen LogP contribution in [-0.4, -0.2) is 12.7 Å². The molecule has 1 aromatic rings. The zero-order chi connectivity index (χ0) is 15.5. The lowest BCUT2D eigenvalue weighted by Crippen LogP contribution is -2.34. The van der Waals surface area contributed by atoms with Gasteiger partial charge in [-0.25, -0.2) is 0 Å². The molecule has 1 atom stereocenters. The van der Waals surface area contributed by atoms with Crippen molar-refractivity contribution >= 4 is 0 Å². The van der Waals surface area contributed by atoms with E-state index in [1.165, 1.54) is 11.1 Å². The average Bonchev–Trinajstić information content (AvgIpc) is 2.45. The lowest BCUT2D eigenvalue weighted by atomic mass is 9.76. The fourth-order valence-corrected chi connectivity index (χ4v) is 3.33. The molecule has 0 heterocycles. The summed E-state index contributed by atoms with van der Waals surface area (Å²) in [6.07, 6.45) is -2.20. The van der Waals surface area contributed by atoms with Gasteiger partial charge in [0.05, 0.1) is 5.92 Å². The van der Waals surface area contributed by atoms with Crippen LogP contribution in [0.1, 0.15) is 49.8 Å². The summed E-state index contributed by atoms with van der Waals surface area (Å²) in [7, 11) is 0. The Morgan fingerprint density at radius 1 is 1.10 bits per heavy atom. The maximum atomic E-state index is 12.8. The van der Waals surface area contributed by atoms with E-state index in [0.29, 0.717) is 18.8 Å². The first kappa shape index (κ1) is 16.3. The summed E-state index contributed by atoms with van der Waals surface area (Å²) < 4.78 is 38.3. The van der Waals surface area contributed by atoms with Gasteiger partial charge in [0, 0.05) is 6.04 Å². The van der Waals surface area contributed by atoms with Crippen molar-refractivity contribution in [3.05, 3.63) is 35.4 Å². The Hall–Kier alpha value is -1.03. The standard InChI is InChI=1S/C17H24F3N/c1-3-21-16(13-6-4-12(2)5-7-13)14-8-10-15(11-9-14)17(18,19)20/h4-7,14-16,21H,3,8-11H2,1-2H3. The summed E-state index contributed by atoms with van der Waals surface area (Å²) in [4.78, 5) is 0. The van der Waals surface area contributed by atoms with Gasteiger partial charge < -0.3 is 5.32 Å². The number of benzene rings is 1. The molecular formula is C17H24F3N. The van der Waals surface area contributed by atoms with Crippen molar-refractivity contribution in [3.63, 3.8) is 0 Å². The van der Waals surface area contributed by atoms with Gasteiger partial charge in [0.1, 0.15) is 0 Å². The Labute approximate surface area is 124 Å². The van der Waals surface area contributed by atoms with Crippen LogP contribution in [0.3, 0.4) is 0 Å². The first-order valence-electron chi connectivity index (χ1n) is 7.78. The third kappa shape index (κ3) is 4.22. The van der Waals surface area contributed by atoms with Gasteiger partial charge in [0.25, 0.3) is 0 Å². The molecule has 0 amide bonds. The molecule has 0 aromatic heterocycles. The molecule has 1 aliphatic carbocycles. The number of alkyl halides is 3. The fraction of sp³-hybridized carbons (Fsp3) is 0.647. The van der Waals surface area contributed by atoms with E-state index in [1.54, 1.807) is 0 Å². The molecule has 1 nitrogen and oxygen atoms in total. The Morgan fingerprint density at radius 3 is 2.14 bits per heavy atom. The molecule has 1 saturated carbocycles. The molecular weight excluding hydrogens is 275 g/mol.